The molecule has 108 valence electrons. The van der Waals surface area contributed by atoms with Gasteiger partial charge in [0.15, 0.2) is 0 Å². The number of carbonyl (C=O) groups is 1. The Bertz CT molecular complexity index is 526. The molecule has 0 saturated heterocycles. The number of rotatable bonds is 5. The zero-order chi connectivity index (χ0) is 15.3. The van der Waals surface area contributed by atoms with Crippen molar-refractivity contribution in [3.63, 3.8) is 0 Å². The molecule has 0 heterocycles. The quantitative estimate of drug-likeness (QED) is 0.817. The van der Waals surface area contributed by atoms with Crippen LogP contribution in [0.5, 0.6) is 0 Å². The monoisotopic (exact) mass is 294 g/mol. The molecule has 1 aromatic rings. The molecule has 0 aromatic heterocycles. The number of nitriles is 1. The zero-order valence-corrected chi connectivity index (χ0v) is 12.6. The molecule has 5 nitrogen and oxygen atoms in total. The molecule has 0 radical (unpaired) electrons. The van der Waals surface area contributed by atoms with E-state index in [0.717, 1.165) is 0 Å². The summed E-state index contributed by atoms with van der Waals surface area (Å²) >= 11 is 5.83. The van der Waals surface area contributed by atoms with Crippen LogP contribution in [0.1, 0.15) is 13.8 Å². The minimum Gasteiger partial charge on any atom is -0.397 e. The summed E-state index contributed by atoms with van der Waals surface area (Å²) in [6.45, 7) is 4.15. The van der Waals surface area contributed by atoms with Gasteiger partial charge in [0, 0.05) is 12.2 Å². The van der Waals surface area contributed by atoms with Crippen molar-refractivity contribution in [1.82, 2.24) is 4.90 Å². The molecule has 1 amide bonds. The van der Waals surface area contributed by atoms with Crippen LogP contribution in [0.25, 0.3) is 0 Å². The minimum absolute atomic E-state index is 0.124. The maximum Gasteiger partial charge on any atom is 0.241 e. The highest BCUT2D eigenvalue weighted by Gasteiger charge is 2.19. The fourth-order valence-electron chi connectivity index (χ4n) is 1.70. The summed E-state index contributed by atoms with van der Waals surface area (Å²) < 4.78 is 0. The van der Waals surface area contributed by atoms with Gasteiger partial charge in [0.2, 0.25) is 5.91 Å². The molecule has 0 spiro atoms. The van der Waals surface area contributed by atoms with Gasteiger partial charge in [-0.25, -0.2) is 0 Å². The number of anilines is 2. The third kappa shape index (κ3) is 4.41. The predicted molar refractivity (Wildman–Crippen MR) is 81.4 cm³/mol. The number of hydrogen-bond donors (Lipinski definition) is 2. The van der Waals surface area contributed by atoms with Crippen molar-refractivity contribution in [1.29, 1.82) is 5.26 Å². The Hall–Kier alpha value is -1.77. The molecule has 0 aliphatic carbocycles. The largest absolute Gasteiger partial charge is 0.397 e. The van der Waals surface area contributed by atoms with Crippen molar-refractivity contribution in [2.75, 3.05) is 24.6 Å². The molecule has 0 aliphatic rings. The average Bonchev–Trinajstić information content (AvgIpc) is 2.41. The lowest BCUT2D eigenvalue weighted by atomic mass is 10.1. The molecular formula is C14H19ClN4O. The highest BCUT2D eigenvalue weighted by Crippen LogP contribution is 2.22. The number of carbonyl (C=O) groups excluding carboxylic acids is 1. The Morgan fingerprint density at radius 1 is 1.55 bits per heavy atom. The third-order valence-corrected chi connectivity index (χ3v) is 3.43. The van der Waals surface area contributed by atoms with Crippen molar-refractivity contribution in [2.45, 2.75) is 19.9 Å². The van der Waals surface area contributed by atoms with E-state index in [2.05, 4.69) is 11.4 Å². The molecule has 2 unspecified atom stereocenters. The van der Waals surface area contributed by atoms with E-state index in [1.165, 1.54) is 0 Å². The molecule has 0 bridgehead atoms. The van der Waals surface area contributed by atoms with Gasteiger partial charge in [-0.15, -0.1) is 0 Å². The topological polar surface area (TPSA) is 82.2 Å². The van der Waals surface area contributed by atoms with Crippen LogP contribution in [-0.4, -0.2) is 30.4 Å². The highest BCUT2D eigenvalue weighted by molar-refractivity contribution is 6.33. The van der Waals surface area contributed by atoms with E-state index in [0.29, 0.717) is 22.9 Å². The van der Waals surface area contributed by atoms with Crippen LogP contribution >= 0.6 is 11.6 Å². The SMILES string of the molecule is CC(C#N)CN(C)C(C)C(=O)Nc1ccc(Cl)c(N)c1. The second-order valence-electron chi connectivity index (χ2n) is 4.87. The van der Waals surface area contributed by atoms with Crippen LogP contribution in [0.3, 0.4) is 0 Å². The molecule has 3 N–H and O–H groups in total. The van der Waals surface area contributed by atoms with Gasteiger partial charge in [-0.3, -0.25) is 9.69 Å². The molecule has 1 rings (SSSR count). The lowest BCUT2D eigenvalue weighted by Gasteiger charge is -2.24. The summed E-state index contributed by atoms with van der Waals surface area (Å²) in [5.74, 6) is -0.277. The van der Waals surface area contributed by atoms with E-state index < -0.39 is 0 Å². The fourth-order valence-corrected chi connectivity index (χ4v) is 1.82. The van der Waals surface area contributed by atoms with Gasteiger partial charge in [0.1, 0.15) is 0 Å². The normalized spacial score (nSPS) is 13.6. The second kappa shape index (κ2) is 7.13. The van der Waals surface area contributed by atoms with Crippen LogP contribution in [0.4, 0.5) is 11.4 Å². The van der Waals surface area contributed by atoms with Crippen LogP contribution in [0.15, 0.2) is 18.2 Å². The third-order valence-electron chi connectivity index (χ3n) is 3.09. The van der Waals surface area contributed by atoms with Crippen LogP contribution < -0.4 is 11.1 Å². The smallest absolute Gasteiger partial charge is 0.241 e. The lowest BCUT2D eigenvalue weighted by molar-refractivity contribution is -0.120. The van der Waals surface area contributed by atoms with Crippen LogP contribution in [0, 0.1) is 17.2 Å². The van der Waals surface area contributed by atoms with E-state index in [9.17, 15) is 4.79 Å². The van der Waals surface area contributed by atoms with Crippen molar-refractivity contribution in [2.24, 2.45) is 5.92 Å². The van der Waals surface area contributed by atoms with E-state index in [-0.39, 0.29) is 17.9 Å². The number of nitrogen functional groups attached to an aromatic ring is 1. The van der Waals surface area contributed by atoms with Crippen molar-refractivity contribution < 1.29 is 4.79 Å². The fraction of sp³-hybridized carbons (Fsp3) is 0.429. The summed E-state index contributed by atoms with van der Waals surface area (Å²) in [7, 11) is 1.81. The van der Waals surface area contributed by atoms with E-state index in [1.807, 2.05) is 18.9 Å². The van der Waals surface area contributed by atoms with Gasteiger partial charge in [-0.05, 0) is 39.1 Å². The van der Waals surface area contributed by atoms with Crippen molar-refractivity contribution in [3.05, 3.63) is 23.2 Å². The molecule has 0 fully saturated rings. The first-order chi connectivity index (χ1) is 9.35. The zero-order valence-electron chi connectivity index (χ0n) is 11.9. The Kier molecular flexibility index (Phi) is 5.81. The van der Waals surface area contributed by atoms with Gasteiger partial charge in [0.25, 0.3) is 0 Å². The second-order valence-corrected chi connectivity index (χ2v) is 5.28. The molecular weight excluding hydrogens is 276 g/mol. The Balaban J connectivity index is 2.65. The number of amides is 1. The summed E-state index contributed by atoms with van der Waals surface area (Å²) in [5, 5.41) is 12.0. The molecule has 2 atom stereocenters. The van der Waals surface area contributed by atoms with Gasteiger partial charge < -0.3 is 11.1 Å². The van der Waals surface area contributed by atoms with Crippen molar-refractivity contribution >= 4 is 28.9 Å². The Morgan fingerprint density at radius 2 is 2.20 bits per heavy atom. The van der Waals surface area contributed by atoms with E-state index in [1.54, 1.807) is 25.1 Å². The molecule has 0 saturated carbocycles. The number of benzene rings is 1. The number of nitrogens with zero attached hydrogens (tertiary/aromatic N) is 2. The lowest BCUT2D eigenvalue weighted by Crippen LogP contribution is -2.41. The van der Waals surface area contributed by atoms with E-state index >= 15 is 0 Å². The number of hydrogen-bond acceptors (Lipinski definition) is 4. The molecule has 20 heavy (non-hydrogen) atoms. The number of nitrogens with one attached hydrogen (secondary N) is 1. The summed E-state index contributed by atoms with van der Waals surface area (Å²) in [5.41, 5.74) is 6.71. The van der Waals surface area contributed by atoms with Gasteiger partial charge in [0.05, 0.1) is 28.7 Å². The van der Waals surface area contributed by atoms with Gasteiger partial charge in [-0.1, -0.05) is 11.6 Å². The van der Waals surface area contributed by atoms with E-state index in [4.69, 9.17) is 22.6 Å². The van der Waals surface area contributed by atoms with Gasteiger partial charge >= 0.3 is 0 Å². The standard InChI is InChI=1S/C14H19ClN4O/c1-9(7-16)8-19(3)10(2)14(20)18-11-4-5-12(15)13(17)6-11/h4-6,9-10H,8,17H2,1-3H3,(H,18,20). The number of likely N-dealkylation sites (N-methyl/N-ethyl adjacent to an activating group) is 1. The molecule has 6 heteroatoms. The summed E-state index contributed by atoms with van der Waals surface area (Å²) in [6, 6.07) is 6.75. The first-order valence-electron chi connectivity index (χ1n) is 6.31. The number of halogens is 1. The Morgan fingerprint density at radius 3 is 2.75 bits per heavy atom. The van der Waals surface area contributed by atoms with Crippen molar-refractivity contribution in [3.8, 4) is 6.07 Å². The summed E-state index contributed by atoms with van der Waals surface area (Å²) in [4.78, 5) is 13.9. The maximum atomic E-state index is 12.1. The molecule has 0 aliphatic heterocycles. The first kappa shape index (κ1) is 16.3. The minimum atomic E-state index is -0.345. The highest BCUT2D eigenvalue weighted by atomic mass is 35.5. The average molecular weight is 295 g/mol. The predicted octanol–water partition coefficient (Wildman–Crippen LogP) is 2.34. The van der Waals surface area contributed by atoms with Crippen LogP contribution in [-0.2, 0) is 4.79 Å². The van der Waals surface area contributed by atoms with Gasteiger partial charge in [-0.2, -0.15) is 5.26 Å². The molecule has 1 aromatic carbocycles. The number of nitrogens with two attached hydrogens (primary N) is 1. The first-order valence-corrected chi connectivity index (χ1v) is 6.68. The maximum absolute atomic E-state index is 12.1. The summed E-state index contributed by atoms with van der Waals surface area (Å²) in [6.07, 6.45) is 0. The van der Waals surface area contributed by atoms with Crippen LogP contribution in [0.2, 0.25) is 5.02 Å². The Labute approximate surface area is 124 Å².